The third-order valence-electron chi connectivity index (χ3n) is 5.25. The van der Waals surface area contributed by atoms with Gasteiger partial charge in [0.2, 0.25) is 5.91 Å². The van der Waals surface area contributed by atoms with Crippen LogP contribution in [0.15, 0.2) is 24.3 Å². The van der Waals surface area contributed by atoms with Crippen LogP contribution in [-0.2, 0) is 14.3 Å². The van der Waals surface area contributed by atoms with Crippen LogP contribution in [-0.4, -0.2) is 38.7 Å². The highest BCUT2D eigenvalue weighted by Gasteiger charge is 2.57. The molecular formula is C19H26N2O4. The fraction of sp³-hybridized carbons (Fsp3) is 0.579. The Balaban J connectivity index is 1.42. The van der Waals surface area contributed by atoms with Crippen molar-refractivity contribution in [3.05, 3.63) is 24.3 Å². The number of hydrogen-bond donors (Lipinski definition) is 2. The molecule has 1 saturated heterocycles. The Labute approximate surface area is 148 Å². The van der Waals surface area contributed by atoms with E-state index in [9.17, 15) is 9.59 Å². The average Bonchev–Trinajstić information content (AvgIpc) is 3.33. The van der Waals surface area contributed by atoms with Gasteiger partial charge in [-0.15, -0.1) is 0 Å². The van der Waals surface area contributed by atoms with Gasteiger partial charge in [0.25, 0.3) is 0 Å². The first-order valence-electron chi connectivity index (χ1n) is 8.94. The van der Waals surface area contributed by atoms with Gasteiger partial charge in [0, 0.05) is 18.0 Å². The first-order valence-corrected chi connectivity index (χ1v) is 8.94. The molecule has 2 fully saturated rings. The Hall–Kier alpha value is -2.08. The summed E-state index contributed by atoms with van der Waals surface area (Å²) >= 11 is 0. The lowest BCUT2D eigenvalue weighted by Gasteiger charge is -2.23. The van der Waals surface area contributed by atoms with Crippen molar-refractivity contribution in [1.29, 1.82) is 0 Å². The zero-order chi connectivity index (χ0) is 17.7. The molecule has 0 bridgehead atoms. The number of anilines is 1. The second-order valence-corrected chi connectivity index (χ2v) is 6.91. The Bertz CT molecular complexity index is 608. The number of esters is 1. The molecule has 0 aromatic heterocycles. The number of carbonyl (C=O) groups excluding carboxylic acids is 2. The molecule has 1 saturated carbocycles. The predicted molar refractivity (Wildman–Crippen MR) is 94.5 cm³/mol. The maximum atomic E-state index is 12.4. The predicted octanol–water partition coefficient (Wildman–Crippen LogP) is 2.35. The molecule has 1 aliphatic carbocycles. The van der Waals surface area contributed by atoms with Crippen molar-refractivity contribution in [3.8, 4) is 5.75 Å². The SMILES string of the molecule is COC(=O)CCCOc1ccc(NC(=O)C2CC23CCNCC3)cc1. The lowest BCUT2D eigenvalue weighted by Crippen LogP contribution is -2.31. The molecule has 1 atom stereocenters. The second-order valence-electron chi connectivity index (χ2n) is 6.91. The Morgan fingerprint density at radius 2 is 1.96 bits per heavy atom. The van der Waals surface area contributed by atoms with Crippen molar-refractivity contribution in [2.75, 3.05) is 32.1 Å². The number of rotatable bonds is 7. The fourth-order valence-electron chi connectivity index (χ4n) is 3.57. The number of amides is 1. The third-order valence-corrected chi connectivity index (χ3v) is 5.25. The van der Waals surface area contributed by atoms with E-state index in [4.69, 9.17) is 4.74 Å². The van der Waals surface area contributed by atoms with Crippen molar-refractivity contribution in [2.24, 2.45) is 11.3 Å². The molecule has 1 heterocycles. The van der Waals surface area contributed by atoms with E-state index in [1.807, 2.05) is 24.3 Å². The summed E-state index contributed by atoms with van der Waals surface area (Å²) in [6.45, 7) is 2.50. The summed E-state index contributed by atoms with van der Waals surface area (Å²) < 4.78 is 10.2. The van der Waals surface area contributed by atoms with Crippen LogP contribution in [0, 0.1) is 11.3 Å². The summed E-state index contributed by atoms with van der Waals surface area (Å²) in [4.78, 5) is 23.5. The summed E-state index contributed by atoms with van der Waals surface area (Å²) in [5.41, 5.74) is 1.04. The lowest BCUT2D eigenvalue weighted by atomic mass is 9.92. The molecule has 25 heavy (non-hydrogen) atoms. The molecule has 1 aromatic rings. The summed E-state index contributed by atoms with van der Waals surface area (Å²) in [7, 11) is 1.38. The zero-order valence-electron chi connectivity index (χ0n) is 14.7. The number of carbonyl (C=O) groups is 2. The van der Waals surface area contributed by atoms with E-state index >= 15 is 0 Å². The van der Waals surface area contributed by atoms with Gasteiger partial charge in [0.05, 0.1) is 13.7 Å². The Kier molecular flexibility index (Phi) is 5.58. The highest BCUT2D eigenvalue weighted by Crippen LogP contribution is 2.58. The fourth-order valence-corrected chi connectivity index (χ4v) is 3.57. The second kappa shape index (κ2) is 7.87. The van der Waals surface area contributed by atoms with E-state index in [0.717, 1.165) is 43.8 Å². The highest BCUT2D eigenvalue weighted by molar-refractivity contribution is 5.95. The normalized spacial score (nSPS) is 20.8. The molecule has 2 N–H and O–H groups in total. The van der Waals surface area contributed by atoms with E-state index in [1.165, 1.54) is 7.11 Å². The van der Waals surface area contributed by atoms with Gasteiger partial charge in [-0.1, -0.05) is 0 Å². The van der Waals surface area contributed by atoms with Crippen molar-refractivity contribution in [2.45, 2.75) is 32.1 Å². The van der Waals surface area contributed by atoms with Gasteiger partial charge in [0.15, 0.2) is 0 Å². The minimum atomic E-state index is -0.228. The van der Waals surface area contributed by atoms with Crippen molar-refractivity contribution in [3.63, 3.8) is 0 Å². The van der Waals surface area contributed by atoms with Crippen LogP contribution in [0.1, 0.15) is 32.1 Å². The van der Waals surface area contributed by atoms with Crippen LogP contribution in [0.5, 0.6) is 5.75 Å². The van der Waals surface area contributed by atoms with E-state index in [1.54, 1.807) is 0 Å². The topological polar surface area (TPSA) is 76.7 Å². The van der Waals surface area contributed by atoms with Crippen LogP contribution in [0.25, 0.3) is 0 Å². The van der Waals surface area contributed by atoms with E-state index in [2.05, 4.69) is 15.4 Å². The molecule has 6 heteroatoms. The summed E-state index contributed by atoms with van der Waals surface area (Å²) in [5, 5.41) is 6.37. The van der Waals surface area contributed by atoms with E-state index < -0.39 is 0 Å². The number of nitrogens with one attached hydrogen (secondary N) is 2. The zero-order valence-corrected chi connectivity index (χ0v) is 14.7. The molecule has 1 unspecified atom stereocenters. The standard InChI is InChI=1S/C19H26N2O4/c1-24-17(22)3-2-12-25-15-6-4-14(5-7-15)21-18(23)16-13-19(16)8-10-20-11-9-19/h4-7,16,20H,2-3,8-13H2,1H3,(H,21,23). The minimum absolute atomic E-state index is 0.133. The lowest BCUT2D eigenvalue weighted by molar-refractivity contribution is -0.140. The first-order chi connectivity index (χ1) is 12.1. The monoisotopic (exact) mass is 346 g/mol. The minimum Gasteiger partial charge on any atom is -0.494 e. The van der Waals surface area contributed by atoms with Gasteiger partial charge in [-0.3, -0.25) is 9.59 Å². The molecule has 1 aliphatic heterocycles. The van der Waals surface area contributed by atoms with Crippen LogP contribution >= 0.6 is 0 Å². The van der Waals surface area contributed by atoms with E-state index in [-0.39, 0.29) is 23.2 Å². The summed E-state index contributed by atoms with van der Waals surface area (Å²) in [5.74, 6) is 0.787. The van der Waals surface area contributed by atoms with Crippen molar-refractivity contribution >= 4 is 17.6 Å². The van der Waals surface area contributed by atoms with E-state index in [0.29, 0.717) is 19.4 Å². The van der Waals surface area contributed by atoms with Crippen LogP contribution in [0.3, 0.4) is 0 Å². The maximum absolute atomic E-state index is 12.4. The van der Waals surface area contributed by atoms with Crippen LogP contribution in [0.2, 0.25) is 0 Å². The molecule has 1 amide bonds. The molecule has 2 aliphatic rings. The maximum Gasteiger partial charge on any atom is 0.305 e. The van der Waals surface area contributed by atoms with Crippen LogP contribution < -0.4 is 15.4 Å². The molecular weight excluding hydrogens is 320 g/mol. The van der Waals surface area contributed by atoms with Gasteiger partial charge in [-0.2, -0.15) is 0 Å². The smallest absolute Gasteiger partial charge is 0.305 e. The van der Waals surface area contributed by atoms with Crippen LogP contribution in [0.4, 0.5) is 5.69 Å². The van der Waals surface area contributed by atoms with Gasteiger partial charge in [-0.25, -0.2) is 0 Å². The molecule has 1 spiro atoms. The number of ether oxygens (including phenoxy) is 2. The number of piperidine rings is 1. The first kappa shape index (κ1) is 17.7. The largest absolute Gasteiger partial charge is 0.494 e. The van der Waals surface area contributed by atoms with Gasteiger partial charge < -0.3 is 20.1 Å². The van der Waals surface area contributed by atoms with Gasteiger partial charge in [-0.05, 0) is 68.5 Å². The number of benzene rings is 1. The summed E-state index contributed by atoms with van der Waals surface area (Å²) in [6.07, 6.45) is 4.18. The Morgan fingerprint density at radius 1 is 1.24 bits per heavy atom. The highest BCUT2D eigenvalue weighted by atomic mass is 16.5. The quantitative estimate of drug-likeness (QED) is 0.585. The number of methoxy groups -OCH3 is 1. The Morgan fingerprint density at radius 3 is 2.64 bits per heavy atom. The van der Waals surface area contributed by atoms with Gasteiger partial charge in [0.1, 0.15) is 5.75 Å². The molecule has 6 nitrogen and oxygen atoms in total. The number of hydrogen-bond acceptors (Lipinski definition) is 5. The molecule has 136 valence electrons. The average molecular weight is 346 g/mol. The van der Waals surface area contributed by atoms with Crippen molar-refractivity contribution < 1.29 is 19.1 Å². The summed E-state index contributed by atoms with van der Waals surface area (Å²) in [6, 6.07) is 7.37. The third kappa shape index (κ3) is 4.51. The molecule has 0 radical (unpaired) electrons. The van der Waals surface area contributed by atoms with Crippen molar-refractivity contribution in [1.82, 2.24) is 5.32 Å². The molecule has 3 rings (SSSR count). The molecule has 1 aromatic carbocycles. The van der Waals surface area contributed by atoms with Gasteiger partial charge >= 0.3 is 5.97 Å².